The van der Waals surface area contributed by atoms with Crippen molar-refractivity contribution in [3.8, 4) is 5.75 Å². The molecule has 0 radical (unpaired) electrons. The van der Waals surface area contributed by atoms with Crippen LogP contribution in [0.5, 0.6) is 5.75 Å². The van der Waals surface area contributed by atoms with E-state index in [4.69, 9.17) is 4.74 Å². The number of carbonyl (C=O) groups excluding carboxylic acids is 2. The molecule has 1 aliphatic carbocycles. The van der Waals surface area contributed by atoms with Gasteiger partial charge in [0, 0.05) is 31.5 Å². The summed E-state index contributed by atoms with van der Waals surface area (Å²) in [5.41, 5.74) is 1.41. The van der Waals surface area contributed by atoms with Crippen molar-refractivity contribution in [1.82, 2.24) is 10.2 Å². The molecule has 128 valence electrons. The summed E-state index contributed by atoms with van der Waals surface area (Å²) in [7, 11) is 0. The number of ether oxygens (including phenoxy) is 1. The van der Waals surface area contributed by atoms with Crippen LogP contribution in [0.1, 0.15) is 36.5 Å². The first kappa shape index (κ1) is 16.6. The molecule has 0 unspecified atom stereocenters. The van der Waals surface area contributed by atoms with Gasteiger partial charge in [-0.2, -0.15) is 0 Å². The fourth-order valence-electron chi connectivity index (χ4n) is 3.00. The van der Waals surface area contributed by atoms with Crippen LogP contribution in [0.4, 0.5) is 0 Å². The molecular formula is C19H24N2O3. The van der Waals surface area contributed by atoms with Gasteiger partial charge in [0.15, 0.2) is 0 Å². The zero-order valence-corrected chi connectivity index (χ0v) is 14.1. The van der Waals surface area contributed by atoms with Crippen LogP contribution in [0.15, 0.2) is 36.4 Å². The Balaban J connectivity index is 1.55. The highest BCUT2D eigenvalue weighted by atomic mass is 16.5. The topological polar surface area (TPSA) is 58.6 Å². The zero-order valence-electron chi connectivity index (χ0n) is 14.1. The van der Waals surface area contributed by atoms with Gasteiger partial charge in [0.05, 0.1) is 5.56 Å². The van der Waals surface area contributed by atoms with Crippen molar-refractivity contribution < 1.29 is 14.3 Å². The maximum atomic E-state index is 12.5. The fraction of sp³-hybridized carbons (Fsp3) is 0.474. The van der Waals surface area contributed by atoms with E-state index in [1.165, 1.54) is 0 Å². The highest BCUT2D eigenvalue weighted by Crippen LogP contribution is 2.32. The Morgan fingerprint density at radius 1 is 1.38 bits per heavy atom. The van der Waals surface area contributed by atoms with Gasteiger partial charge >= 0.3 is 0 Å². The average Bonchev–Trinajstić information content (AvgIpc) is 3.34. The van der Waals surface area contributed by atoms with Crippen molar-refractivity contribution in [2.24, 2.45) is 5.92 Å². The lowest BCUT2D eigenvalue weighted by Gasteiger charge is -2.16. The number of likely N-dealkylation sites (tertiary alicyclic amines) is 1. The molecule has 3 rings (SSSR count). The van der Waals surface area contributed by atoms with Crippen LogP contribution in [0.3, 0.4) is 0 Å². The summed E-state index contributed by atoms with van der Waals surface area (Å²) < 4.78 is 5.64. The van der Waals surface area contributed by atoms with E-state index in [0.717, 1.165) is 25.0 Å². The molecule has 24 heavy (non-hydrogen) atoms. The molecular weight excluding hydrogens is 304 g/mol. The van der Waals surface area contributed by atoms with Gasteiger partial charge < -0.3 is 15.0 Å². The highest BCUT2D eigenvalue weighted by molar-refractivity contribution is 5.97. The smallest absolute Gasteiger partial charge is 0.255 e. The van der Waals surface area contributed by atoms with Crippen LogP contribution in [0.25, 0.3) is 0 Å². The van der Waals surface area contributed by atoms with Crippen LogP contribution in [0.2, 0.25) is 0 Å². The normalized spacial score (nSPS) is 20.1. The van der Waals surface area contributed by atoms with E-state index in [2.05, 4.69) is 11.9 Å². The molecule has 1 aliphatic heterocycles. The minimum absolute atomic E-state index is 0.162. The van der Waals surface area contributed by atoms with E-state index in [9.17, 15) is 9.59 Å². The van der Waals surface area contributed by atoms with E-state index in [1.54, 1.807) is 12.1 Å². The van der Waals surface area contributed by atoms with E-state index >= 15 is 0 Å². The molecule has 1 saturated carbocycles. The molecule has 1 atom stereocenters. The maximum Gasteiger partial charge on any atom is 0.255 e. The zero-order chi connectivity index (χ0) is 17.1. The molecule has 1 aromatic rings. The minimum atomic E-state index is -0.162. The minimum Gasteiger partial charge on any atom is -0.488 e. The fourth-order valence-corrected chi connectivity index (χ4v) is 3.00. The maximum absolute atomic E-state index is 12.5. The van der Waals surface area contributed by atoms with Gasteiger partial charge in [-0.3, -0.25) is 9.59 Å². The first-order valence-corrected chi connectivity index (χ1v) is 8.48. The van der Waals surface area contributed by atoms with Gasteiger partial charge in [0.2, 0.25) is 5.91 Å². The largest absolute Gasteiger partial charge is 0.488 e. The third-order valence-corrected chi connectivity index (χ3v) is 4.38. The quantitative estimate of drug-likeness (QED) is 0.782. The van der Waals surface area contributed by atoms with Crippen LogP contribution < -0.4 is 10.1 Å². The standard InChI is InChI=1S/C19H24N2O3/c1-13(2)12-24-17-6-4-3-5-16(17)19(23)20-10-14-9-18(22)21(11-14)15-7-8-15/h3-6,14-15H,1,7-12H2,2H3,(H,20,23)/t14-/m0/s1. The molecule has 1 saturated heterocycles. The van der Waals surface area contributed by atoms with Crippen molar-refractivity contribution in [2.45, 2.75) is 32.2 Å². The first-order valence-electron chi connectivity index (χ1n) is 8.48. The van der Waals surface area contributed by atoms with E-state index < -0.39 is 0 Å². The number of carbonyl (C=O) groups is 2. The Morgan fingerprint density at radius 2 is 2.12 bits per heavy atom. The second-order valence-electron chi connectivity index (χ2n) is 6.80. The van der Waals surface area contributed by atoms with Gasteiger partial charge in [-0.15, -0.1) is 0 Å². The van der Waals surface area contributed by atoms with Gasteiger partial charge in [0.25, 0.3) is 5.91 Å². The summed E-state index contributed by atoms with van der Waals surface area (Å²) in [6, 6.07) is 7.64. The average molecular weight is 328 g/mol. The molecule has 2 amide bonds. The highest BCUT2D eigenvalue weighted by Gasteiger charge is 2.39. The molecule has 5 nitrogen and oxygen atoms in total. The van der Waals surface area contributed by atoms with Gasteiger partial charge in [-0.1, -0.05) is 18.7 Å². The van der Waals surface area contributed by atoms with Gasteiger partial charge in [-0.05, 0) is 37.5 Å². The summed E-state index contributed by atoms with van der Waals surface area (Å²) >= 11 is 0. The lowest BCUT2D eigenvalue weighted by molar-refractivity contribution is -0.128. The van der Waals surface area contributed by atoms with Crippen LogP contribution in [-0.2, 0) is 4.79 Å². The summed E-state index contributed by atoms with van der Waals surface area (Å²) in [4.78, 5) is 26.4. The number of hydrogen-bond acceptors (Lipinski definition) is 3. The Hall–Kier alpha value is -2.30. The molecule has 2 aliphatic rings. The lowest BCUT2D eigenvalue weighted by atomic mass is 10.1. The molecule has 1 N–H and O–H groups in total. The number of nitrogens with zero attached hydrogens (tertiary/aromatic N) is 1. The van der Waals surface area contributed by atoms with E-state index in [-0.39, 0.29) is 17.7 Å². The SMILES string of the molecule is C=C(C)COc1ccccc1C(=O)NC[C@@H]1CC(=O)N(C2CC2)C1. The second-order valence-corrected chi connectivity index (χ2v) is 6.80. The van der Waals surface area contributed by atoms with E-state index in [0.29, 0.717) is 36.9 Å². The van der Waals surface area contributed by atoms with Gasteiger partial charge in [-0.25, -0.2) is 0 Å². The second kappa shape index (κ2) is 7.07. The molecule has 2 fully saturated rings. The molecule has 1 aromatic carbocycles. The third kappa shape index (κ3) is 3.96. The van der Waals surface area contributed by atoms with Crippen molar-refractivity contribution in [2.75, 3.05) is 19.7 Å². The molecule has 0 aromatic heterocycles. The van der Waals surface area contributed by atoms with Crippen LogP contribution in [0, 0.1) is 5.92 Å². The number of rotatable bonds is 7. The third-order valence-electron chi connectivity index (χ3n) is 4.38. The van der Waals surface area contributed by atoms with Crippen LogP contribution >= 0.6 is 0 Å². The van der Waals surface area contributed by atoms with Gasteiger partial charge in [0.1, 0.15) is 12.4 Å². The van der Waals surface area contributed by atoms with Crippen LogP contribution in [-0.4, -0.2) is 42.5 Å². The number of benzene rings is 1. The Kier molecular flexibility index (Phi) is 4.88. The summed E-state index contributed by atoms with van der Waals surface area (Å²) in [6.07, 6.45) is 2.78. The summed E-state index contributed by atoms with van der Waals surface area (Å²) in [5, 5.41) is 2.95. The van der Waals surface area contributed by atoms with E-state index in [1.807, 2.05) is 24.0 Å². The first-order chi connectivity index (χ1) is 11.5. The number of hydrogen-bond donors (Lipinski definition) is 1. The predicted octanol–water partition coefficient (Wildman–Crippen LogP) is 2.38. The Labute approximate surface area is 142 Å². The van der Waals surface area contributed by atoms with Crippen molar-refractivity contribution in [1.29, 1.82) is 0 Å². The number of para-hydroxylation sites is 1. The summed E-state index contributed by atoms with van der Waals surface area (Å²) in [5.74, 6) is 0.817. The van der Waals surface area contributed by atoms with Crippen molar-refractivity contribution in [3.05, 3.63) is 42.0 Å². The molecule has 0 spiro atoms. The predicted molar refractivity (Wildman–Crippen MR) is 91.9 cm³/mol. The number of nitrogens with one attached hydrogen (secondary N) is 1. The van der Waals surface area contributed by atoms with Crippen molar-refractivity contribution >= 4 is 11.8 Å². The molecule has 5 heteroatoms. The number of amides is 2. The molecule has 1 heterocycles. The lowest BCUT2D eigenvalue weighted by Crippen LogP contribution is -2.32. The summed E-state index contributed by atoms with van der Waals surface area (Å²) in [6.45, 7) is 7.35. The molecule has 0 bridgehead atoms. The Bertz CT molecular complexity index is 652. The van der Waals surface area contributed by atoms with Crippen molar-refractivity contribution in [3.63, 3.8) is 0 Å². The Morgan fingerprint density at radius 3 is 2.83 bits per heavy atom. The monoisotopic (exact) mass is 328 g/mol.